The van der Waals surface area contributed by atoms with Crippen molar-refractivity contribution >= 4 is 22.0 Å². The van der Waals surface area contributed by atoms with Crippen LogP contribution in [-0.4, -0.2) is 54.4 Å². The Morgan fingerprint density at radius 3 is 2.81 bits per heavy atom. The molecule has 1 aromatic heterocycles. The normalized spacial score (nSPS) is 18.1. The van der Waals surface area contributed by atoms with E-state index in [4.69, 9.17) is 0 Å². The van der Waals surface area contributed by atoms with Gasteiger partial charge in [-0.1, -0.05) is 18.2 Å². The number of nitrogens with zero attached hydrogens (tertiary/aromatic N) is 3. The third kappa shape index (κ3) is 5.51. The van der Waals surface area contributed by atoms with Crippen LogP contribution in [0.3, 0.4) is 0 Å². The predicted molar refractivity (Wildman–Crippen MR) is 105 cm³/mol. The van der Waals surface area contributed by atoms with Crippen molar-refractivity contribution in [1.29, 1.82) is 0 Å². The molecule has 3 rings (SSSR count). The highest BCUT2D eigenvalue weighted by Gasteiger charge is 2.25. The maximum atomic E-state index is 12.6. The highest BCUT2D eigenvalue weighted by Crippen LogP contribution is 2.18. The molecule has 0 aliphatic carbocycles. The zero-order valence-corrected chi connectivity index (χ0v) is 16.1. The fraction of sp³-hybridized carbons (Fsp3) is 0.368. The number of sulfonamides is 1. The first-order valence-corrected chi connectivity index (χ1v) is 10.8. The van der Waals surface area contributed by atoms with Crippen LogP contribution in [0, 0.1) is 0 Å². The van der Waals surface area contributed by atoms with Gasteiger partial charge in [-0.2, -0.15) is 5.10 Å². The maximum absolute atomic E-state index is 12.6. The summed E-state index contributed by atoms with van der Waals surface area (Å²) < 4.78 is 27.0. The molecule has 2 aromatic rings. The van der Waals surface area contributed by atoms with Crippen LogP contribution in [0.15, 0.2) is 48.8 Å². The van der Waals surface area contributed by atoms with Gasteiger partial charge in [0.05, 0.1) is 18.1 Å². The molecule has 0 spiro atoms. The van der Waals surface area contributed by atoms with Crippen LogP contribution in [0.2, 0.25) is 0 Å². The molecule has 7 nitrogen and oxygen atoms in total. The Morgan fingerprint density at radius 2 is 2.07 bits per heavy atom. The van der Waals surface area contributed by atoms with Gasteiger partial charge in [0, 0.05) is 37.0 Å². The Balaban J connectivity index is 1.65. The molecule has 0 bridgehead atoms. The summed E-state index contributed by atoms with van der Waals surface area (Å²) in [4.78, 5) is 14.4. The molecule has 0 radical (unpaired) electrons. The molecule has 2 heterocycles. The van der Waals surface area contributed by atoms with Gasteiger partial charge in [0.25, 0.3) is 0 Å². The smallest absolute Gasteiger partial charge is 0.246 e. The Labute approximate surface area is 159 Å². The number of aromatic nitrogens is 2. The average Bonchev–Trinajstić information content (AvgIpc) is 3.14. The van der Waals surface area contributed by atoms with Gasteiger partial charge in [0.15, 0.2) is 0 Å². The largest absolute Gasteiger partial charge is 0.335 e. The molecule has 1 aromatic carbocycles. The number of nitrogens with one attached hydrogen (secondary N) is 1. The molecule has 0 saturated carbocycles. The van der Waals surface area contributed by atoms with E-state index in [0.717, 1.165) is 36.8 Å². The lowest BCUT2D eigenvalue weighted by Gasteiger charge is -2.35. The fourth-order valence-corrected chi connectivity index (χ4v) is 3.65. The van der Waals surface area contributed by atoms with Gasteiger partial charge in [0.2, 0.25) is 15.9 Å². The maximum Gasteiger partial charge on any atom is 0.246 e. The standard InChI is InChI=1S/C19H24N4O3S/c1-27(25,26)21-14-18-9-5-6-12-22(18)19(24)11-10-16-13-20-23(15-16)17-7-3-2-4-8-17/h2-4,7-8,10-11,13,15,18,21H,5-6,9,12,14H2,1H3/b11-10+. The van der Waals surface area contributed by atoms with Crippen molar-refractivity contribution in [3.63, 3.8) is 0 Å². The fourth-order valence-electron chi connectivity index (χ4n) is 3.16. The van der Waals surface area contributed by atoms with Crippen LogP contribution in [0.1, 0.15) is 24.8 Å². The molecule has 1 atom stereocenters. The molecule has 1 N–H and O–H groups in total. The summed E-state index contributed by atoms with van der Waals surface area (Å²) in [7, 11) is -3.27. The Bertz CT molecular complexity index is 906. The Morgan fingerprint density at radius 1 is 1.30 bits per heavy atom. The Hall–Kier alpha value is -2.45. The topological polar surface area (TPSA) is 84.3 Å². The quantitative estimate of drug-likeness (QED) is 0.765. The van der Waals surface area contributed by atoms with E-state index >= 15 is 0 Å². The minimum atomic E-state index is -3.27. The number of piperidine rings is 1. The average molecular weight is 388 g/mol. The number of hydrogen-bond acceptors (Lipinski definition) is 4. The summed E-state index contributed by atoms with van der Waals surface area (Å²) in [5.74, 6) is -0.109. The molecular formula is C19H24N4O3S. The molecule has 1 saturated heterocycles. The minimum Gasteiger partial charge on any atom is -0.335 e. The van der Waals surface area contributed by atoms with Gasteiger partial charge < -0.3 is 4.90 Å². The zero-order valence-electron chi connectivity index (χ0n) is 15.3. The van der Waals surface area contributed by atoms with E-state index in [2.05, 4.69) is 9.82 Å². The van der Waals surface area contributed by atoms with E-state index < -0.39 is 10.0 Å². The van der Waals surface area contributed by atoms with Gasteiger partial charge >= 0.3 is 0 Å². The second kappa shape index (κ2) is 8.49. The molecular weight excluding hydrogens is 364 g/mol. The molecule has 1 fully saturated rings. The van der Waals surface area contributed by atoms with Crippen LogP contribution in [0.25, 0.3) is 11.8 Å². The lowest BCUT2D eigenvalue weighted by Crippen LogP contribution is -2.48. The summed E-state index contributed by atoms with van der Waals surface area (Å²) in [5.41, 5.74) is 1.78. The first-order valence-electron chi connectivity index (χ1n) is 8.96. The summed E-state index contributed by atoms with van der Waals surface area (Å²) >= 11 is 0. The van der Waals surface area contributed by atoms with Gasteiger partial charge in [-0.25, -0.2) is 17.8 Å². The summed E-state index contributed by atoms with van der Waals surface area (Å²) in [6, 6.07) is 9.63. The summed E-state index contributed by atoms with van der Waals surface area (Å²) in [5, 5.41) is 4.31. The van der Waals surface area contributed by atoms with E-state index in [1.54, 1.807) is 21.9 Å². The molecule has 27 heavy (non-hydrogen) atoms. The number of carbonyl (C=O) groups excluding carboxylic acids is 1. The minimum absolute atomic E-state index is 0.109. The van der Waals surface area contributed by atoms with E-state index in [-0.39, 0.29) is 18.5 Å². The molecule has 8 heteroatoms. The van der Waals surface area contributed by atoms with Gasteiger partial charge in [0.1, 0.15) is 0 Å². The van der Waals surface area contributed by atoms with Crippen molar-refractivity contribution < 1.29 is 13.2 Å². The van der Waals surface area contributed by atoms with Crippen molar-refractivity contribution in [2.24, 2.45) is 0 Å². The number of rotatable bonds is 6. The number of benzene rings is 1. The third-order valence-corrected chi connectivity index (χ3v) is 5.22. The molecule has 1 aliphatic heterocycles. The predicted octanol–water partition coefficient (Wildman–Crippen LogP) is 1.82. The van der Waals surface area contributed by atoms with Crippen molar-refractivity contribution in [2.75, 3.05) is 19.3 Å². The van der Waals surface area contributed by atoms with Crippen LogP contribution < -0.4 is 4.72 Å². The highest BCUT2D eigenvalue weighted by molar-refractivity contribution is 7.88. The lowest BCUT2D eigenvalue weighted by atomic mass is 10.0. The van der Waals surface area contributed by atoms with E-state index in [0.29, 0.717) is 6.54 Å². The van der Waals surface area contributed by atoms with Crippen LogP contribution in [0.5, 0.6) is 0 Å². The molecule has 1 unspecified atom stereocenters. The number of likely N-dealkylation sites (tertiary alicyclic amines) is 1. The van der Waals surface area contributed by atoms with Crippen molar-refractivity contribution in [2.45, 2.75) is 25.3 Å². The lowest BCUT2D eigenvalue weighted by molar-refractivity contribution is -0.129. The molecule has 1 amide bonds. The van der Waals surface area contributed by atoms with Gasteiger partial charge in [-0.05, 0) is 37.5 Å². The summed E-state index contributed by atoms with van der Waals surface area (Å²) in [6.45, 7) is 0.896. The van der Waals surface area contributed by atoms with Crippen LogP contribution in [-0.2, 0) is 14.8 Å². The molecule has 1 aliphatic rings. The van der Waals surface area contributed by atoms with Crippen molar-refractivity contribution in [1.82, 2.24) is 19.4 Å². The number of hydrogen-bond donors (Lipinski definition) is 1. The SMILES string of the molecule is CS(=O)(=O)NCC1CCCCN1C(=O)/C=C/c1cnn(-c2ccccc2)c1. The van der Waals surface area contributed by atoms with E-state index in [1.165, 1.54) is 6.08 Å². The van der Waals surface area contributed by atoms with Crippen LogP contribution in [0.4, 0.5) is 0 Å². The van der Waals surface area contributed by atoms with Gasteiger partial charge in [-0.15, -0.1) is 0 Å². The number of carbonyl (C=O) groups is 1. The first kappa shape index (κ1) is 19.3. The second-order valence-electron chi connectivity index (χ2n) is 6.69. The highest BCUT2D eigenvalue weighted by atomic mass is 32.2. The number of para-hydroxylation sites is 1. The Kier molecular flexibility index (Phi) is 6.08. The number of amides is 1. The van der Waals surface area contributed by atoms with Gasteiger partial charge in [-0.3, -0.25) is 4.79 Å². The monoisotopic (exact) mass is 388 g/mol. The van der Waals surface area contributed by atoms with Crippen LogP contribution >= 0.6 is 0 Å². The van der Waals surface area contributed by atoms with E-state index in [9.17, 15) is 13.2 Å². The summed E-state index contributed by atoms with van der Waals surface area (Å²) in [6.07, 6.45) is 10.7. The van der Waals surface area contributed by atoms with Crippen molar-refractivity contribution in [3.05, 3.63) is 54.4 Å². The molecule has 144 valence electrons. The zero-order chi connectivity index (χ0) is 19.3. The third-order valence-electron chi connectivity index (χ3n) is 4.53. The second-order valence-corrected chi connectivity index (χ2v) is 8.52. The van der Waals surface area contributed by atoms with E-state index in [1.807, 2.05) is 36.5 Å². The first-order chi connectivity index (χ1) is 12.9. The van der Waals surface area contributed by atoms with Crippen molar-refractivity contribution in [3.8, 4) is 5.69 Å².